The van der Waals surface area contributed by atoms with E-state index in [2.05, 4.69) is 47.2 Å². The summed E-state index contributed by atoms with van der Waals surface area (Å²) in [5.74, 6) is 2.29. The second-order valence-electron chi connectivity index (χ2n) is 5.66. The fraction of sp³-hybridized carbons (Fsp3) is 0.500. The van der Waals surface area contributed by atoms with Gasteiger partial charge in [-0.15, -0.1) is 0 Å². The largest absolute Gasteiger partial charge is 0.384 e. The average Bonchev–Trinajstić information content (AvgIpc) is 2.74. The van der Waals surface area contributed by atoms with Gasteiger partial charge in [-0.1, -0.05) is 20.8 Å². The Morgan fingerprint density at radius 3 is 2.63 bits per heavy atom. The minimum Gasteiger partial charge on any atom is -0.384 e. The van der Waals surface area contributed by atoms with Crippen LogP contribution >= 0.6 is 0 Å². The van der Waals surface area contributed by atoms with Crippen LogP contribution in [-0.2, 0) is 18.4 Å². The van der Waals surface area contributed by atoms with Gasteiger partial charge in [0, 0.05) is 36.8 Å². The third kappa shape index (κ3) is 3.10. The van der Waals surface area contributed by atoms with Gasteiger partial charge >= 0.3 is 0 Å². The molecule has 0 saturated carbocycles. The van der Waals surface area contributed by atoms with Crippen LogP contribution in [0.4, 0.5) is 5.82 Å². The van der Waals surface area contributed by atoms with Crippen molar-refractivity contribution < 1.29 is 0 Å². The molecule has 5 nitrogen and oxygen atoms in total. The van der Waals surface area contributed by atoms with Crippen LogP contribution in [-0.4, -0.2) is 19.5 Å². The van der Waals surface area contributed by atoms with Crippen LogP contribution in [0.25, 0.3) is 0 Å². The first kappa shape index (κ1) is 13.5. The molecular formula is C14H21N5. The van der Waals surface area contributed by atoms with Crippen molar-refractivity contribution in [3.05, 3.63) is 35.8 Å². The molecule has 19 heavy (non-hydrogen) atoms. The quantitative estimate of drug-likeness (QED) is 0.917. The smallest absolute Gasteiger partial charge is 0.136 e. The van der Waals surface area contributed by atoms with Crippen molar-refractivity contribution in [2.75, 3.05) is 5.73 Å². The molecule has 0 aliphatic rings. The Kier molecular flexibility index (Phi) is 3.55. The molecule has 0 bridgehead atoms. The van der Waals surface area contributed by atoms with Crippen molar-refractivity contribution in [3.8, 4) is 0 Å². The summed E-state index contributed by atoms with van der Waals surface area (Å²) in [6, 6.07) is 1.82. The van der Waals surface area contributed by atoms with E-state index in [1.54, 1.807) is 0 Å². The maximum Gasteiger partial charge on any atom is 0.136 e. The normalized spacial score (nSPS) is 11.8. The topological polar surface area (TPSA) is 69.6 Å². The van der Waals surface area contributed by atoms with Gasteiger partial charge in [0.15, 0.2) is 0 Å². The molecule has 0 atom stereocenters. The summed E-state index contributed by atoms with van der Waals surface area (Å²) < 4.78 is 2.11. The van der Waals surface area contributed by atoms with Crippen molar-refractivity contribution in [3.63, 3.8) is 0 Å². The van der Waals surface area contributed by atoms with Crippen LogP contribution in [0.3, 0.4) is 0 Å². The molecular weight excluding hydrogens is 238 g/mol. The number of aromatic nitrogens is 4. The number of anilines is 1. The van der Waals surface area contributed by atoms with Crippen LogP contribution in [0.2, 0.25) is 0 Å². The molecule has 0 spiro atoms. The molecule has 0 saturated heterocycles. The minimum absolute atomic E-state index is 0.107. The van der Waals surface area contributed by atoms with Gasteiger partial charge in [-0.05, 0) is 6.92 Å². The van der Waals surface area contributed by atoms with E-state index >= 15 is 0 Å². The minimum atomic E-state index is -0.107. The highest BCUT2D eigenvalue weighted by molar-refractivity contribution is 5.32. The fourth-order valence-electron chi connectivity index (χ4n) is 1.90. The van der Waals surface area contributed by atoms with E-state index < -0.39 is 0 Å². The highest BCUT2D eigenvalue weighted by Gasteiger charge is 2.19. The predicted molar refractivity (Wildman–Crippen MR) is 75.9 cm³/mol. The van der Waals surface area contributed by atoms with Crippen LogP contribution in [0, 0.1) is 0 Å². The summed E-state index contributed by atoms with van der Waals surface area (Å²) in [6.45, 7) is 9.25. The Labute approximate surface area is 113 Å². The molecule has 102 valence electrons. The Morgan fingerprint density at radius 2 is 2.00 bits per heavy atom. The highest BCUT2D eigenvalue weighted by Crippen LogP contribution is 2.20. The van der Waals surface area contributed by atoms with Crippen molar-refractivity contribution in [2.24, 2.45) is 0 Å². The monoisotopic (exact) mass is 259 g/mol. The number of hydrogen-bond acceptors (Lipinski definition) is 4. The van der Waals surface area contributed by atoms with Gasteiger partial charge in [0.05, 0.1) is 5.69 Å². The van der Waals surface area contributed by atoms with Crippen molar-refractivity contribution >= 4 is 5.82 Å². The molecule has 2 aromatic heterocycles. The van der Waals surface area contributed by atoms with Gasteiger partial charge in [-0.2, -0.15) is 0 Å². The molecule has 2 rings (SSSR count). The van der Waals surface area contributed by atoms with E-state index in [0.29, 0.717) is 12.2 Å². The number of nitrogens with two attached hydrogens (primary N) is 1. The molecule has 0 radical (unpaired) electrons. The standard InChI is InChI=1S/C14H21N5/c1-5-19-7-6-16-12(19)9-10-8-11(15)18-13(17-10)14(2,3)4/h6-8H,5,9H2,1-4H3,(H2,15,17,18). The average molecular weight is 259 g/mol. The van der Waals surface area contributed by atoms with Crippen LogP contribution < -0.4 is 5.73 Å². The number of hydrogen-bond donors (Lipinski definition) is 1. The van der Waals surface area contributed by atoms with Crippen molar-refractivity contribution in [1.29, 1.82) is 0 Å². The molecule has 0 unspecified atom stereocenters. The zero-order valence-corrected chi connectivity index (χ0v) is 12.0. The molecule has 2 N–H and O–H groups in total. The second-order valence-corrected chi connectivity index (χ2v) is 5.66. The lowest BCUT2D eigenvalue weighted by atomic mass is 9.95. The summed E-state index contributed by atoms with van der Waals surface area (Å²) in [4.78, 5) is 13.3. The molecule has 2 aromatic rings. The molecule has 2 heterocycles. The predicted octanol–water partition coefficient (Wildman–Crippen LogP) is 2.16. The Balaban J connectivity index is 2.33. The van der Waals surface area contributed by atoms with E-state index in [0.717, 1.165) is 23.9 Å². The molecule has 0 aliphatic carbocycles. The lowest BCUT2D eigenvalue weighted by molar-refractivity contribution is 0.542. The van der Waals surface area contributed by atoms with E-state index in [1.165, 1.54) is 0 Å². The first-order chi connectivity index (χ1) is 8.90. The van der Waals surface area contributed by atoms with Gasteiger partial charge in [-0.25, -0.2) is 15.0 Å². The lowest BCUT2D eigenvalue weighted by Gasteiger charge is -2.17. The van der Waals surface area contributed by atoms with Gasteiger partial charge in [-0.3, -0.25) is 0 Å². The Bertz CT molecular complexity index is 565. The maximum atomic E-state index is 5.88. The first-order valence-corrected chi connectivity index (χ1v) is 6.54. The molecule has 0 aromatic carbocycles. The summed E-state index contributed by atoms with van der Waals surface area (Å²) >= 11 is 0. The molecule has 0 fully saturated rings. The van der Waals surface area contributed by atoms with Gasteiger partial charge in [0.1, 0.15) is 17.5 Å². The van der Waals surface area contributed by atoms with Gasteiger partial charge in [0.2, 0.25) is 0 Å². The second kappa shape index (κ2) is 4.99. The highest BCUT2D eigenvalue weighted by atomic mass is 15.1. The van der Waals surface area contributed by atoms with Gasteiger partial charge in [0.25, 0.3) is 0 Å². The fourth-order valence-corrected chi connectivity index (χ4v) is 1.90. The maximum absolute atomic E-state index is 5.88. The Hall–Kier alpha value is -1.91. The van der Waals surface area contributed by atoms with E-state index in [1.807, 2.05) is 18.5 Å². The zero-order valence-electron chi connectivity index (χ0n) is 12.0. The van der Waals surface area contributed by atoms with Crippen LogP contribution in [0.1, 0.15) is 45.0 Å². The zero-order chi connectivity index (χ0) is 14.0. The van der Waals surface area contributed by atoms with E-state index in [-0.39, 0.29) is 5.41 Å². The third-order valence-electron chi connectivity index (χ3n) is 2.95. The first-order valence-electron chi connectivity index (χ1n) is 6.54. The number of nitrogen functional groups attached to an aromatic ring is 1. The summed E-state index contributed by atoms with van der Waals surface area (Å²) in [7, 11) is 0. The van der Waals surface area contributed by atoms with Crippen molar-refractivity contribution in [2.45, 2.75) is 46.1 Å². The van der Waals surface area contributed by atoms with Crippen LogP contribution in [0.5, 0.6) is 0 Å². The molecule has 5 heteroatoms. The number of nitrogens with zero attached hydrogens (tertiary/aromatic N) is 4. The van der Waals surface area contributed by atoms with Gasteiger partial charge < -0.3 is 10.3 Å². The summed E-state index contributed by atoms with van der Waals surface area (Å²) in [5, 5.41) is 0. The van der Waals surface area contributed by atoms with Crippen molar-refractivity contribution in [1.82, 2.24) is 19.5 Å². The number of aryl methyl sites for hydroxylation is 1. The summed E-state index contributed by atoms with van der Waals surface area (Å²) in [5.41, 5.74) is 6.69. The third-order valence-corrected chi connectivity index (χ3v) is 2.95. The van der Waals surface area contributed by atoms with E-state index in [4.69, 9.17) is 5.73 Å². The number of imidazole rings is 1. The van der Waals surface area contributed by atoms with Crippen LogP contribution in [0.15, 0.2) is 18.5 Å². The SMILES string of the molecule is CCn1ccnc1Cc1cc(N)nc(C(C)(C)C)n1. The lowest BCUT2D eigenvalue weighted by Crippen LogP contribution is -2.18. The number of rotatable bonds is 3. The van der Waals surface area contributed by atoms with E-state index in [9.17, 15) is 0 Å². The summed E-state index contributed by atoms with van der Waals surface area (Å²) in [6.07, 6.45) is 4.47. The molecule has 0 aliphatic heterocycles. The Morgan fingerprint density at radius 1 is 1.26 bits per heavy atom. The molecule has 0 amide bonds.